The normalized spacial score (nSPS) is 12.2. The van der Waals surface area contributed by atoms with E-state index in [4.69, 9.17) is 23.2 Å². The molecule has 1 N–H and O–H groups in total. The number of anilines is 1. The van der Waals surface area contributed by atoms with Gasteiger partial charge in [-0.2, -0.15) is 0 Å². The minimum Gasteiger partial charge on any atom is -0.357 e. The first kappa shape index (κ1) is 26.0. The molecule has 174 valence electrons. The standard InChI is InChI=1S/C22H27Cl2N3O4S/c1-5-19(22(29)25-3)26(13-16-8-6-7-15(2)11-16)21(28)14-27(32(4,30)31)20-12-17(23)9-10-18(20)24/h6-12,19H,5,13-14H2,1-4H3,(H,25,29)/t19-/m0/s1. The highest BCUT2D eigenvalue weighted by Crippen LogP contribution is 2.31. The first-order valence-electron chi connectivity index (χ1n) is 9.97. The Kier molecular flexibility index (Phi) is 8.95. The van der Waals surface area contributed by atoms with Gasteiger partial charge in [-0.25, -0.2) is 8.42 Å². The maximum absolute atomic E-state index is 13.4. The van der Waals surface area contributed by atoms with Crippen molar-refractivity contribution in [1.29, 1.82) is 0 Å². The SMILES string of the molecule is CC[C@@H](C(=O)NC)N(Cc1cccc(C)c1)C(=O)CN(c1cc(Cl)ccc1Cl)S(C)(=O)=O. The van der Waals surface area contributed by atoms with Crippen LogP contribution in [0.4, 0.5) is 5.69 Å². The van der Waals surface area contributed by atoms with Crippen molar-refractivity contribution in [2.75, 3.05) is 24.2 Å². The molecule has 32 heavy (non-hydrogen) atoms. The van der Waals surface area contributed by atoms with Crippen molar-refractivity contribution < 1.29 is 18.0 Å². The van der Waals surface area contributed by atoms with E-state index in [-0.39, 0.29) is 28.2 Å². The number of aryl methyl sites for hydroxylation is 1. The Morgan fingerprint density at radius 3 is 2.38 bits per heavy atom. The Morgan fingerprint density at radius 2 is 1.81 bits per heavy atom. The summed E-state index contributed by atoms with van der Waals surface area (Å²) in [6.07, 6.45) is 1.34. The van der Waals surface area contributed by atoms with E-state index in [1.807, 2.05) is 31.2 Å². The number of sulfonamides is 1. The fraction of sp³-hybridized carbons (Fsp3) is 0.364. The Balaban J connectivity index is 2.47. The number of carbonyl (C=O) groups excluding carboxylic acids is 2. The first-order chi connectivity index (χ1) is 15.0. The molecule has 0 aliphatic rings. The monoisotopic (exact) mass is 499 g/mol. The number of hydrogen-bond acceptors (Lipinski definition) is 4. The third-order valence-electron chi connectivity index (χ3n) is 4.92. The van der Waals surface area contributed by atoms with E-state index >= 15 is 0 Å². The van der Waals surface area contributed by atoms with Crippen LogP contribution in [0.15, 0.2) is 42.5 Å². The highest BCUT2D eigenvalue weighted by atomic mass is 35.5. The second-order valence-electron chi connectivity index (χ2n) is 7.41. The summed E-state index contributed by atoms with van der Waals surface area (Å²) in [6, 6.07) is 11.2. The van der Waals surface area contributed by atoms with Crippen LogP contribution in [0.5, 0.6) is 0 Å². The molecule has 2 aromatic carbocycles. The lowest BCUT2D eigenvalue weighted by atomic mass is 10.1. The summed E-state index contributed by atoms with van der Waals surface area (Å²) < 4.78 is 26.0. The minimum atomic E-state index is -3.88. The van der Waals surface area contributed by atoms with Crippen LogP contribution in [-0.4, -0.2) is 51.0 Å². The quantitative estimate of drug-likeness (QED) is 0.570. The van der Waals surface area contributed by atoms with E-state index in [1.54, 1.807) is 6.92 Å². The average Bonchev–Trinajstić information content (AvgIpc) is 2.72. The zero-order valence-corrected chi connectivity index (χ0v) is 20.8. The van der Waals surface area contributed by atoms with Crippen LogP contribution < -0.4 is 9.62 Å². The summed E-state index contributed by atoms with van der Waals surface area (Å²) in [5, 5.41) is 2.99. The molecule has 0 heterocycles. The number of hydrogen-bond donors (Lipinski definition) is 1. The summed E-state index contributed by atoms with van der Waals surface area (Å²) in [5.41, 5.74) is 1.93. The van der Waals surface area contributed by atoms with Crippen LogP contribution >= 0.6 is 23.2 Å². The summed E-state index contributed by atoms with van der Waals surface area (Å²) in [5.74, 6) is -0.872. The van der Waals surface area contributed by atoms with Gasteiger partial charge < -0.3 is 10.2 Å². The van der Waals surface area contributed by atoms with Gasteiger partial charge in [0.25, 0.3) is 0 Å². The van der Waals surface area contributed by atoms with Crippen LogP contribution in [0.25, 0.3) is 0 Å². The van der Waals surface area contributed by atoms with E-state index in [9.17, 15) is 18.0 Å². The smallest absolute Gasteiger partial charge is 0.244 e. The zero-order valence-electron chi connectivity index (χ0n) is 18.4. The van der Waals surface area contributed by atoms with E-state index in [1.165, 1.54) is 30.1 Å². The summed E-state index contributed by atoms with van der Waals surface area (Å²) in [7, 11) is -2.39. The van der Waals surface area contributed by atoms with Crippen LogP contribution in [0.3, 0.4) is 0 Å². The molecule has 2 amide bonds. The highest BCUT2D eigenvalue weighted by Gasteiger charge is 2.32. The van der Waals surface area contributed by atoms with Gasteiger partial charge >= 0.3 is 0 Å². The number of likely N-dealkylation sites (N-methyl/N-ethyl adjacent to an activating group) is 1. The predicted octanol–water partition coefficient (Wildman–Crippen LogP) is 3.62. The second-order valence-corrected chi connectivity index (χ2v) is 10.2. The van der Waals surface area contributed by atoms with E-state index in [2.05, 4.69) is 5.32 Å². The molecule has 0 spiro atoms. The van der Waals surface area contributed by atoms with Crippen molar-refractivity contribution in [2.24, 2.45) is 0 Å². The van der Waals surface area contributed by atoms with Crippen molar-refractivity contribution in [3.8, 4) is 0 Å². The van der Waals surface area contributed by atoms with Crippen molar-refractivity contribution in [3.63, 3.8) is 0 Å². The van der Waals surface area contributed by atoms with Crippen molar-refractivity contribution in [3.05, 3.63) is 63.6 Å². The molecule has 0 fully saturated rings. The number of rotatable bonds is 9. The lowest BCUT2D eigenvalue weighted by Crippen LogP contribution is -2.51. The van der Waals surface area contributed by atoms with Gasteiger partial charge in [0.15, 0.2) is 0 Å². The van der Waals surface area contributed by atoms with Gasteiger partial charge in [-0.3, -0.25) is 13.9 Å². The fourth-order valence-electron chi connectivity index (χ4n) is 3.37. The molecular formula is C22H27Cl2N3O4S. The molecule has 2 aromatic rings. The molecule has 0 aliphatic heterocycles. The van der Waals surface area contributed by atoms with E-state index in [0.717, 1.165) is 21.7 Å². The van der Waals surface area contributed by atoms with Crippen molar-refractivity contribution in [2.45, 2.75) is 32.9 Å². The predicted molar refractivity (Wildman–Crippen MR) is 129 cm³/mol. The zero-order chi connectivity index (χ0) is 24.1. The lowest BCUT2D eigenvalue weighted by Gasteiger charge is -2.32. The molecule has 0 aromatic heterocycles. The number of nitrogens with zero attached hydrogens (tertiary/aromatic N) is 2. The number of benzene rings is 2. The summed E-state index contributed by atoms with van der Waals surface area (Å²) in [6.45, 7) is 3.34. The van der Waals surface area contributed by atoms with Gasteiger partial charge in [0, 0.05) is 18.6 Å². The Morgan fingerprint density at radius 1 is 1.12 bits per heavy atom. The van der Waals surface area contributed by atoms with Gasteiger partial charge in [-0.15, -0.1) is 0 Å². The Hall–Kier alpha value is -2.29. The molecule has 2 rings (SSSR count). The topological polar surface area (TPSA) is 86.8 Å². The maximum atomic E-state index is 13.4. The van der Waals surface area contributed by atoms with Crippen molar-refractivity contribution in [1.82, 2.24) is 10.2 Å². The van der Waals surface area contributed by atoms with Crippen molar-refractivity contribution >= 4 is 50.7 Å². The van der Waals surface area contributed by atoms with Gasteiger partial charge in [-0.05, 0) is 37.1 Å². The van der Waals surface area contributed by atoms with Crippen LogP contribution in [0.1, 0.15) is 24.5 Å². The molecular weight excluding hydrogens is 473 g/mol. The van der Waals surface area contributed by atoms with Gasteiger partial charge in [0.1, 0.15) is 12.6 Å². The van der Waals surface area contributed by atoms with E-state index in [0.29, 0.717) is 6.42 Å². The highest BCUT2D eigenvalue weighted by molar-refractivity contribution is 7.92. The molecule has 0 aliphatic carbocycles. The maximum Gasteiger partial charge on any atom is 0.244 e. The molecule has 7 nitrogen and oxygen atoms in total. The van der Waals surface area contributed by atoms with Crippen LogP contribution in [-0.2, 0) is 26.2 Å². The summed E-state index contributed by atoms with van der Waals surface area (Å²) in [4.78, 5) is 27.4. The van der Waals surface area contributed by atoms with Gasteiger partial charge in [0.05, 0.1) is 17.0 Å². The molecule has 0 unspecified atom stereocenters. The summed E-state index contributed by atoms with van der Waals surface area (Å²) >= 11 is 12.3. The first-order valence-corrected chi connectivity index (χ1v) is 12.6. The Labute approximate surface area is 199 Å². The molecule has 0 radical (unpaired) electrons. The fourth-order valence-corrected chi connectivity index (χ4v) is 4.65. The third-order valence-corrected chi connectivity index (χ3v) is 6.60. The minimum absolute atomic E-state index is 0.0958. The molecule has 0 saturated carbocycles. The number of carbonyl (C=O) groups is 2. The number of halogens is 2. The second kappa shape index (κ2) is 11.0. The van der Waals surface area contributed by atoms with Crippen LogP contribution in [0, 0.1) is 6.92 Å². The average molecular weight is 500 g/mol. The third kappa shape index (κ3) is 6.60. The molecule has 0 bridgehead atoms. The van der Waals surface area contributed by atoms with Crippen LogP contribution in [0.2, 0.25) is 10.0 Å². The molecule has 0 saturated heterocycles. The number of nitrogens with one attached hydrogen (secondary N) is 1. The van der Waals surface area contributed by atoms with E-state index < -0.39 is 28.5 Å². The number of amides is 2. The lowest BCUT2D eigenvalue weighted by molar-refractivity contribution is -0.140. The van der Waals surface area contributed by atoms with Gasteiger partial charge in [-0.1, -0.05) is 60.0 Å². The largest absolute Gasteiger partial charge is 0.357 e. The molecule has 1 atom stereocenters. The molecule has 10 heteroatoms. The van der Waals surface area contributed by atoms with Gasteiger partial charge in [0.2, 0.25) is 21.8 Å². The Bertz CT molecular complexity index is 1090.